The highest BCUT2D eigenvalue weighted by molar-refractivity contribution is 7.88. The molecular weight excluding hydrogens is 429 g/mol. The van der Waals surface area contributed by atoms with Crippen molar-refractivity contribution in [1.29, 1.82) is 0 Å². The van der Waals surface area contributed by atoms with Crippen LogP contribution in [0.3, 0.4) is 0 Å². The van der Waals surface area contributed by atoms with Crippen LogP contribution in [-0.4, -0.2) is 36.3 Å². The predicted molar refractivity (Wildman–Crippen MR) is 98.9 cm³/mol. The summed E-state index contributed by atoms with van der Waals surface area (Å²) >= 11 is 0. The van der Waals surface area contributed by atoms with Gasteiger partial charge in [-0.2, -0.15) is 26.3 Å². The molecule has 3 rings (SSSR count). The number of hydrogen-bond donors (Lipinski definition) is 0. The number of aromatic nitrogens is 2. The van der Waals surface area contributed by atoms with Crippen molar-refractivity contribution >= 4 is 26.9 Å². The van der Waals surface area contributed by atoms with E-state index in [1.807, 2.05) is 0 Å². The van der Waals surface area contributed by atoms with Crippen molar-refractivity contribution in [2.45, 2.75) is 12.4 Å². The number of benzene rings is 2. The molecule has 30 heavy (non-hydrogen) atoms. The maximum Gasteiger partial charge on any atom is 0.534 e. The van der Waals surface area contributed by atoms with Crippen LogP contribution in [0.5, 0.6) is 5.88 Å². The third-order valence-electron chi connectivity index (χ3n) is 3.87. The van der Waals surface area contributed by atoms with Crippen molar-refractivity contribution in [2.75, 3.05) is 6.61 Å². The third-order valence-corrected chi connectivity index (χ3v) is 4.81. The first-order valence-corrected chi connectivity index (χ1v) is 9.76. The van der Waals surface area contributed by atoms with E-state index in [9.17, 15) is 31.2 Å². The highest BCUT2D eigenvalue weighted by Gasteiger charge is 2.49. The molecule has 0 unspecified atom stereocenters. The number of carbonyl (C=O) groups is 1. The number of alkyl halides is 3. The number of carbonyl (C=O) groups excluding carboxylic acids is 1. The average molecular weight is 442 g/mol. The molecule has 0 spiro atoms. The molecule has 0 aliphatic rings. The minimum atomic E-state index is -6.02. The molecule has 0 fully saturated rings. The summed E-state index contributed by atoms with van der Waals surface area (Å²) in [5.74, 6) is -1.53. The Kier molecular flexibility index (Phi) is 5.53. The van der Waals surface area contributed by atoms with Crippen molar-refractivity contribution in [3.8, 4) is 11.6 Å². The van der Waals surface area contributed by atoms with E-state index < -0.39 is 33.0 Å². The second kappa shape index (κ2) is 7.78. The van der Waals surface area contributed by atoms with Gasteiger partial charge in [0.15, 0.2) is 0 Å². The highest BCUT2D eigenvalue weighted by Crippen LogP contribution is 2.29. The molecule has 0 N–H and O–H groups in total. The Morgan fingerprint density at radius 3 is 2.23 bits per heavy atom. The van der Waals surface area contributed by atoms with Crippen molar-refractivity contribution in [2.24, 2.45) is 0 Å². The molecule has 0 radical (unpaired) electrons. The lowest BCUT2D eigenvalue weighted by molar-refractivity contribution is -0.0501. The van der Waals surface area contributed by atoms with Gasteiger partial charge >= 0.3 is 21.6 Å². The number of rotatable bonds is 5. The van der Waals surface area contributed by atoms with E-state index in [4.69, 9.17) is 4.74 Å². The molecule has 0 aliphatic carbocycles. The van der Waals surface area contributed by atoms with Crippen molar-refractivity contribution < 1.29 is 35.3 Å². The summed E-state index contributed by atoms with van der Waals surface area (Å²) < 4.78 is 70.9. The molecule has 8 nitrogen and oxygen atoms in total. The summed E-state index contributed by atoms with van der Waals surface area (Å²) in [6, 6.07) is 10.6. The van der Waals surface area contributed by atoms with Gasteiger partial charge in [0.1, 0.15) is 0 Å². The fourth-order valence-corrected chi connectivity index (χ4v) is 2.93. The van der Waals surface area contributed by atoms with E-state index in [2.05, 4.69) is 9.28 Å². The number of hydrogen-bond acceptors (Lipinski definition) is 7. The van der Waals surface area contributed by atoms with Crippen molar-refractivity contribution in [3.05, 3.63) is 64.4 Å². The summed E-state index contributed by atoms with van der Waals surface area (Å²) in [6.45, 7) is 1.78. The van der Waals surface area contributed by atoms with Gasteiger partial charge in [0.05, 0.1) is 28.6 Å². The Labute approximate surface area is 167 Å². The zero-order valence-electron chi connectivity index (χ0n) is 15.2. The van der Waals surface area contributed by atoms with E-state index in [-0.39, 0.29) is 28.6 Å². The topological polar surface area (TPSA) is 105 Å². The van der Waals surface area contributed by atoms with Gasteiger partial charge in [0.2, 0.25) is 0 Å². The average Bonchev–Trinajstić information content (AvgIpc) is 2.69. The summed E-state index contributed by atoms with van der Waals surface area (Å²) in [5.41, 5.74) is -6.18. The lowest BCUT2D eigenvalue weighted by atomic mass is 10.2. The first-order valence-electron chi connectivity index (χ1n) is 8.35. The molecule has 3 aromatic rings. The number of ether oxygens (including phenoxy) is 1. The minimum absolute atomic E-state index is 0.0630. The van der Waals surface area contributed by atoms with E-state index in [1.165, 1.54) is 48.5 Å². The molecule has 158 valence electrons. The second-order valence-corrected chi connectivity index (χ2v) is 7.36. The fourth-order valence-electron chi connectivity index (χ4n) is 2.50. The summed E-state index contributed by atoms with van der Waals surface area (Å²) in [7, 11) is -6.02. The summed E-state index contributed by atoms with van der Waals surface area (Å²) in [6.07, 6.45) is 0. The Balaban J connectivity index is 2.16. The molecule has 0 atom stereocenters. The first kappa shape index (κ1) is 21.3. The zero-order chi connectivity index (χ0) is 22.1. The van der Waals surface area contributed by atoms with Crippen LogP contribution in [0.25, 0.3) is 16.5 Å². The van der Waals surface area contributed by atoms with E-state index in [0.717, 1.165) is 0 Å². The number of esters is 1. The molecular formula is C18H13F3N2O6S. The van der Waals surface area contributed by atoms with Crippen molar-refractivity contribution in [1.82, 2.24) is 9.78 Å². The van der Waals surface area contributed by atoms with Gasteiger partial charge in [-0.05, 0) is 43.3 Å². The maximum atomic E-state index is 12.8. The Bertz CT molecular complexity index is 1270. The maximum absolute atomic E-state index is 12.8. The number of fused-ring (bicyclic) bond motifs is 1. The summed E-state index contributed by atoms with van der Waals surface area (Å²) in [4.78, 5) is 24.5. The van der Waals surface area contributed by atoms with Crippen LogP contribution in [0.1, 0.15) is 17.3 Å². The Morgan fingerprint density at radius 1 is 1.07 bits per heavy atom. The summed E-state index contributed by atoms with van der Waals surface area (Å²) in [5, 5.41) is 3.34. The molecule has 0 saturated heterocycles. The van der Waals surface area contributed by atoms with E-state index in [0.29, 0.717) is 4.68 Å². The molecule has 12 heteroatoms. The van der Waals surface area contributed by atoms with Crippen LogP contribution in [0.15, 0.2) is 53.3 Å². The smallest absolute Gasteiger partial charge is 0.462 e. The molecule has 0 saturated carbocycles. The Hall–Kier alpha value is -3.41. The van der Waals surface area contributed by atoms with Crippen LogP contribution in [0, 0.1) is 0 Å². The first-order chi connectivity index (χ1) is 14.0. The van der Waals surface area contributed by atoms with Gasteiger partial charge < -0.3 is 8.92 Å². The number of halogens is 3. The second-order valence-electron chi connectivity index (χ2n) is 5.82. The molecule has 0 amide bonds. The van der Waals surface area contributed by atoms with Crippen LogP contribution >= 0.6 is 0 Å². The van der Waals surface area contributed by atoms with Gasteiger partial charge in [0.25, 0.3) is 11.4 Å². The van der Waals surface area contributed by atoms with Gasteiger partial charge in [-0.15, -0.1) is 5.10 Å². The zero-order valence-corrected chi connectivity index (χ0v) is 16.0. The van der Waals surface area contributed by atoms with Crippen molar-refractivity contribution in [3.63, 3.8) is 0 Å². The van der Waals surface area contributed by atoms with Crippen LogP contribution < -0.4 is 9.74 Å². The van der Waals surface area contributed by atoms with Gasteiger partial charge in [-0.1, -0.05) is 12.1 Å². The molecule has 2 aromatic carbocycles. The molecule has 1 heterocycles. The van der Waals surface area contributed by atoms with Crippen LogP contribution in [-0.2, 0) is 14.9 Å². The Morgan fingerprint density at radius 2 is 1.67 bits per heavy atom. The molecule has 0 aliphatic heterocycles. The monoisotopic (exact) mass is 442 g/mol. The van der Waals surface area contributed by atoms with Crippen LogP contribution in [0.2, 0.25) is 0 Å². The minimum Gasteiger partial charge on any atom is -0.462 e. The third kappa shape index (κ3) is 3.99. The fraction of sp³-hybridized carbons (Fsp3) is 0.167. The normalized spacial score (nSPS) is 12.0. The highest BCUT2D eigenvalue weighted by atomic mass is 32.2. The van der Waals surface area contributed by atoms with E-state index >= 15 is 0 Å². The lowest BCUT2D eigenvalue weighted by Gasteiger charge is -2.13. The van der Waals surface area contributed by atoms with Gasteiger partial charge in [-0.25, -0.2) is 4.79 Å². The quantitative estimate of drug-likeness (QED) is 0.340. The largest absolute Gasteiger partial charge is 0.534 e. The number of nitrogens with zero attached hydrogens (tertiary/aromatic N) is 2. The predicted octanol–water partition coefficient (Wildman–Crippen LogP) is 2.79. The molecule has 1 aromatic heterocycles. The van der Waals surface area contributed by atoms with Crippen LogP contribution in [0.4, 0.5) is 13.2 Å². The van der Waals surface area contributed by atoms with Gasteiger partial charge in [0, 0.05) is 0 Å². The standard InChI is InChI=1S/C18H13F3N2O6S/c1-2-28-17(25)11-7-9-12(10-8-11)23-16(24)14-6-4-3-5-13(14)15(22-23)29-30(26,27)18(19,20)21/h3-10H,2H2,1H3. The van der Waals surface area contributed by atoms with E-state index in [1.54, 1.807) is 6.92 Å². The lowest BCUT2D eigenvalue weighted by Crippen LogP contribution is -2.30. The SMILES string of the molecule is CCOC(=O)c1ccc(-n2nc(OS(=O)(=O)C(F)(F)F)c3ccccc3c2=O)cc1. The molecule has 0 bridgehead atoms. The van der Waals surface area contributed by atoms with Gasteiger partial charge in [-0.3, -0.25) is 4.79 Å².